The van der Waals surface area contributed by atoms with Gasteiger partial charge in [-0.3, -0.25) is 0 Å². The van der Waals surface area contributed by atoms with Crippen LogP contribution in [0.15, 0.2) is 36.9 Å². The van der Waals surface area contributed by atoms with E-state index in [1.54, 1.807) is 36.9 Å². The Hall–Kier alpha value is -0.422. The largest absolute Gasteiger partial charge is 0.234 e. The van der Waals surface area contributed by atoms with Gasteiger partial charge in [-0.2, -0.15) is 0 Å². The molecule has 2 heterocycles. The molecule has 0 N–H and O–H groups in total. The SMILES string of the molecule is I.[Pt].c1cnc(-c2ncccn2)nc1. The van der Waals surface area contributed by atoms with E-state index >= 15 is 0 Å². The second kappa shape index (κ2) is 6.95. The van der Waals surface area contributed by atoms with E-state index < -0.39 is 0 Å². The smallest absolute Gasteiger partial charge is 0.197 e. The molecule has 0 atom stereocenters. The molecule has 0 saturated heterocycles. The number of hydrogen-bond acceptors (Lipinski definition) is 4. The summed E-state index contributed by atoms with van der Waals surface area (Å²) in [6.07, 6.45) is 6.66. The van der Waals surface area contributed by atoms with E-state index in [0.29, 0.717) is 11.6 Å². The normalized spacial score (nSPS) is 8.29. The van der Waals surface area contributed by atoms with Gasteiger partial charge < -0.3 is 0 Å². The maximum atomic E-state index is 4.01. The van der Waals surface area contributed by atoms with E-state index in [0.717, 1.165) is 0 Å². The summed E-state index contributed by atoms with van der Waals surface area (Å²) in [6, 6.07) is 3.51. The van der Waals surface area contributed by atoms with Gasteiger partial charge in [0.05, 0.1) is 0 Å². The fourth-order valence-electron chi connectivity index (χ4n) is 0.829. The van der Waals surface area contributed by atoms with E-state index in [4.69, 9.17) is 0 Å². The molecule has 0 aliphatic rings. The minimum atomic E-state index is 0. The number of aromatic nitrogens is 4. The van der Waals surface area contributed by atoms with E-state index in [1.165, 1.54) is 0 Å². The van der Waals surface area contributed by atoms with Crippen molar-refractivity contribution in [1.82, 2.24) is 19.9 Å². The van der Waals surface area contributed by atoms with Gasteiger partial charge in [-0.1, -0.05) is 0 Å². The molecule has 4 nitrogen and oxygen atoms in total. The molecule has 0 unspecified atom stereocenters. The van der Waals surface area contributed by atoms with Crippen molar-refractivity contribution < 1.29 is 21.1 Å². The van der Waals surface area contributed by atoms with Gasteiger partial charge in [0.25, 0.3) is 0 Å². The summed E-state index contributed by atoms with van der Waals surface area (Å²) in [5.41, 5.74) is 0. The summed E-state index contributed by atoms with van der Waals surface area (Å²) in [7, 11) is 0. The second-order valence-corrected chi connectivity index (χ2v) is 2.14. The fraction of sp³-hybridized carbons (Fsp3) is 0. The molecule has 6 heteroatoms. The molecule has 0 radical (unpaired) electrons. The molecule has 2 aromatic heterocycles. The van der Waals surface area contributed by atoms with Gasteiger partial charge >= 0.3 is 0 Å². The first-order valence-electron chi connectivity index (χ1n) is 3.51. The molecule has 0 aromatic carbocycles. The van der Waals surface area contributed by atoms with Crippen molar-refractivity contribution in [2.45, 2.75) is 0 Å². The molecule has 0 spiro atoms. The van der Waals surface area contributed by atoms with Gasteiger partial charge in [0.15, 0.2) is 11.6 Å². The molecule has 14 heavy (non-hydrogen) atoms. The third-order valence-corrected chi connectivity index (χ3v) is 1.33. The Kier molecular flexibility index (Phi) is 6.74. The number of nitrogens with zero attached hydrogens (tertiary/aromatic N) is 4. The standard InChI is InChI=1S/C8H6N4.HI.Pt/c1-3-9-7(10-4-1)8-11-5-2-6-12-8;;/h1-6H;1H;. The first-order valence-corrected chi connectivity index (χ1v) is 3.51. The Balaban J connectivity index is 0.000000845. The minimum absolute atomic E-state index is 0. The molecule has 0 saturated carbocycles. The van der Waals surface area contributed by atoms with Crippen molar-refractivity contribution in [1.29, 1.82) is 0 Å². The minimum Gasteiger partial charge on any atom is -0.234 e. The van der Waals surface area contributed by atoms with Crippen LogP contribution in [0.1, 0.15) is 0 Å². The molecule has 0 bridgehead atoms. The Morgan fingerprint density at radius 1 is 0.643 bits per heavy atom. The van der Waals surface area contributed by atoms with Crippen molar-refractivity contribution in [2.75, 3.05) is 0 Å². The van der Waals surface area contributed by atoms with E-state index in [2.05, 4.69) is 19.9 Å². The van der Waals surface area contributed by atoms with Crippen LogP contribution in [0.4, 0.5) is 0 Å². The van der Waals surface area contributed by atoms with E-state index in [-0.39, 0.29) is 45.0 Å². The van der Waals surface area contributed by atoms with Gasteiger partial charge in [0.2, 0.25) is 0 Å². The molecule has 0 aliphatic heterocycles. The van der Waals surface area contributed by atoms with E-state index in [9.17, 15) is 0 Å². The summed E-state index contributed by atoms with van der Waals surface area (Å²) in [5.74, 6) is 1.11. The van der Waals surface area contributed by atoms with Crippen LogP contribution in [-0.4, -0.2) is 19.9 Å². The summed E-state index contributed by atoms with van der Waals surface area (Å²) < 4.78 is 0. The van der Waals surface area contributed by atoms with Crippen LogP contribution in [0.25, 0.3) is 11.6 Å². The predicted octanol–water partition coefficient (Wildman–Crippen LogP) is 1.55. The first-order chi connectivity index (χ1) is 5.97. The van der Waals surface area contributed by atoms with Crippen molar-refractivity contribution in [2.24, 2.45) is 0 Å². The summed E-state index contributed by atoms with van der Waals surface area (Å²) >= 11 is 0. The van der Waals surface area contributed by atoms with Crippen LogP contribution in [-0.2, 0) is 21.1 Å². The Labute approximate surface area is 113 Å². The van der Waals surface area contributed by atoms with Crippen LogP contribution in [0, 0.1) is 0 Å². The van der Waals surface area contributed by atoms with Gasteiger partial charge in [-0.15, -0.1) is 24.0 Å². The predicted molar refractivity (Wildman–Crippen MR) is 58.5 cm³/mol. The van der Waals surface area contributed by atoms with Crippen LogP contribution in [0.5, 0.6) is 0 Å². The molecule has 0 fully saturated rings. The maximum Gasteiger partial charge on any atom is 0.197 e. The number of halogens is 1. The molecule has 2 rings (SSSR count). The first kappa shape index (κ1) is 13.6. The molecular weight excluding hydrogens is 474 g/mol. The molecule has 0 amide bonds. The van der Waals surface area contributed by atoms with Crippen molar-refractivity contribution in [3.63, 3.8) is 0 Å². The van der Waals surface area contributed by atoms with Gasteiger partial charge in [0, 0.05) is 45.9 Å². The zero-order valence-electron chi connectivity index (χ0n) is 6.98. The quantitative estimate of drug-likeness (QED) is 0.581. The van der Waals surface area contributed by atoms with Crippen LogP contribution >= 0.6 is 24.0 Å². The number of hydrogen-bond donors (Lipinski definition) is 0. The van der Waals surface area contributed by atoms with Crippen LogP contribution in [0.3, 0.4) is 0 Å². The van der Waals surface area contributed by atoms with Crippen molar-refractivity contribution in [3.8, 4) is 11.6 Å². The summed E-state index contributed by atoms with van der Waals surface area (Å²) in [5, 5.41) is 0. The average molecular weight is 481 g/mol. The topological polar surface area (TPSA) is 51.6 Å². The van der Waals surface area contributed by atoms with Crippen molar-refractivity contribution in [3.05, 3.63) is 36.9 Å². The average Bonchev–Trinajstić information content (AvgIpc) is 2.21. The monoisotopic (exact) mass is 481 g/mol. The van der Waals surface area contributed by atoms with Crippen molar-refractivity contribution >= 4 is 24.0 Å². The molecule has 76 valence electrons. The molecule has 2 aromatic rings. The summed E-state index contributed by atoms with van der Waals surface area (Å²) in [4.78, 5) is 16.1. The zero-order chi connectivity index (χ0) is 8.23. The Bertz CT molecular complexity index is 319. The zero-order valence-corrected chi connectivity index (χ0v) is 11.6. The Morgan fingerprint density at radius 2 is 0.929 bits per heavy atom. The second-order valence-electron chi connectivity index (χ2n) is 2.14. The van der Waals surface area contributed by atoms with Gasteiger partial charge in [-0.25, -0.2) is 19.9 Å². The van der Waals surface area contributed by atoms with Crippen LogP contribution < -0.4 is 0 Å². The molecule has 0 aliphatic carbocycles. The molecular formula is C8H7IN4Pt. The van der Waals surface area contributed by atoms with Crippen LogP contribution in [0.2, 0.25) is 0 Å². The number of rotatable bonds is 1. The van der Waals surface area contributed by atoms with Gasteiger partial charge in [-0.05, 0) is 12.1 Å². The maximum absolute atomic E-state index is 4.01. The van der Waals surface area contributed by atoms with Gasteiger partial charge in [0.1, 0.15) is 0 Å². The summed E-state index contributed by atoms with van der Waals surface area (Å²) in [6.45, 7) is 0. The van der Waals surface area contributed by atoms with E-state index in [1.807, 2.05) is 0 Å². The Morgan fingerprint density at radius 3 is 1.21 bits per heavy atom. The third kappa shape index (κ3) is 3.38. The fourth-order valence-corrected chi connectivity index (χ4v) is 0.829. The third-order valence-electron chi connectivity index (χ3n) is 1.33.